The summed E-state index contributed by atoms with van der Waals surface area (Å²) in [4.78, 5) is 31.4. The summed E-state index contributed by atoms with van der Waals surface area (Å²) in [5.74, 6) is -0.680. The zero-order valence-corrected chi connectivity index (χ0v) is 10.6. The van der Waals surface area contributed by atoms with Gasteiger partial charge in [0.15, 0.2) is 0 Å². The fraction of sp³-hybridized carbons (Fsp3) is 0.364. The van der Waals surface area contributed by atoms with Crippen LogP contribution in [0.3, 0.4) is 0 Å². The molecule has 0 fully saturated rings. The SMILES string of the molecule is CCOC(=O)C(N)Cc1ccc([N+](=O)[O-])cc1[N+](=O)[O-]. The van der Waals surface area contributed by atoms with Crippen molar-refractivity contribution in [1.82, 2.24) is 0 Å². The zero-order chi connectivity index (χ0) is 15.3. The molecule has 0 saturated heterocycles. The molecule has 1 unspecified atom stereocenters. The molecule has 0 heterocycles. The van der Waals surface area contributed by atoms with Crippen LogP contribution in [0.15, 0.2) is 18.2 Å². The number of hydrogen-bond acceptors (Lipinski definition) is 7. The van der Waals surface area contributed by atoms with Crippen molar-refractivity contribution in [3.8, 4) is 0 Å². The second-order valence-electron chi connectivity index (χ2n) is 3.89. The molecule has 0 bridgehead atoms. The highest BCUT2D eigenvalue weighted by Gasteiger charge is 2.23. The minimum absolute atomic E-state index is 0.132. The van der Waals surface area contributed by atoms with Crippen LogP contribution in [0.5, 0.6) is 0 Å². The third-order valence-corrected chi connectivity index (χ3v) is 2.51. The molecule has 1 rings (SSSR count). The average molecular weight is 283 g/mol. The van der Waals surface area contributed by atoms with E-state index in [4.69, 9.17) is 10.5 Å². The number of hydrogen-bond donors (Lipinski definition) is 1. The van der Waals surface area contributed by atoms with Gasteiger partial charge in [-0.05, 0) is 13.0 Å². The van der Waals surface area contributed by atoms with Crippen molar-refractivity contribution in [2.45, 2.75) is 19.4 Å². The molecule has 108 valence electrons. The lowest BCUT2D eigenvalue weighted by molar-refractivity contribution is -0.394. The predicted molar refractivity (Wildman–Crippen MR) is 68.1 cm³/mol. The van der Waals surface area contributed by atoms with Crippen LogP contribution in [0.2, 0.25) is 0 Å². The summed E-state index contributed by atoms with van der Waals surface area (Å²) in [7, 11) is 0. The van der Waals surface area contributed by atoms with Gasteiger partial charge in [0.2, 0.25) is 0 Å². The van der Waals surface area contributed by atoms with Crippen molar-refractivity contribution in [3.63, 3.8) is 0 Å². The van der Waals surface area contributed by atoms with Crippen molar-refractivity contribution in [2.24, 2.45) is 5.73 Å². The van der Waals surface area contributed by atoms with E-state index < -0.39 is 33.2 Å². The third kappa shape index (κ3) is 3.72. The number of rotatable bonds is 6. The molecule has 9 heteroatoms. The Bertz CT molecular complexity index is 545. The smallest absolute Gasteiger partial charge is 0.323 e. The molecular weight excluding hydrogens is 270 g/mol. The lowest BCUT2D eigenvalue weighted by atomic mass is 10.0. The van der Waals surface area contributed by atoms with E-state index in [1.165, 1.54) is 6.07 Å². The van der Waals surface area contributed by atoms with Gasteiger partial charge in [0.25, 0.3) is 11.4 Å². The summed E-state index contributed by atoms with van der Waals surface area (Å²) in [6, 6.07) is 2.12. The minimum atomic E-state index is -1.06. The zero-order valence-electron chi connectivity index (χ0n) is 10.6. The molecule has 0 saturated carbocycles. The van der Waals surface area contributed by atoms with Crippen molar-refractivity contribution in [3.05, 3.63) is 44.0 Å². The fourth-order valence-corrected chi connectivity index (χ4v) is 1.58. The van der Waals surface area contributed by atoms with Crippen molar-refractivity contribution >= 4 is 17.3 Å². The largest absolute Gasteiger partial charge is 0.465 e. The minimum Gasteiger partial charge on any atom is -0.465 e. The van der Waals surface area contributed by atoms with Crippen molar-refractivity contribution in [2.75, 3.05) is 6.61 Å². The second-order valence-corrected chi connectivity index (χ2v) is 3.89. The van der Waals surface area contributed by atoms with Crippen LogP contribution >= 0.6 is 0 Å². The molecule has 9 nitrogen and oxygen atoms in total. The van der Waals surface area contributed by atoms with E-state index >= 15 is 0 Å². The van der Waals surface area contributed by atoms with Gasteiger partial charge in [-0.25, -0.2) is 0 Å². The molecule has 0 aliphatic heterocycles. The number of benzene rings is 1. The van der Waals surface area contributed by atoms with Gasteiger partial charge in [0.05, 0.1) is 22.5 Å². The van der Waals surface area contributed by atoms with E-state index in [9.17, 15) is 25.0 Å². The van der Waals surface area contributed by atoms with E-state index in [2.05, 4.69) is 0 Å². The quantitative estimate of drug-likeness (QED) is 0.465. The van der Waals surface area contributed by atoms with Crippen LogP contribution in [0.25, 0.3) is 0 Å². The fourth-order valence-electron chi connectivity index (χ4n) is 1.58. The summed E-state index contributed by atoms with van der Waals surface area (Å²) in [6.07, 6.45) is -0.132. The normalized spacial score (nSPS) is 11.7. The number of nitro groups is 2. The topological polar surface area (TPSA) is 139 Å². The van der Waals surface area contributed by atoms with E-state index in [0.29, 0.717) is 0 Å². The van der Waals surface area contributed by atoms with Crippen LogP contribution in [0.4, 0.5) is 11.4 Å². The Morgan fingerprint density at radius 3 is 2.50 bits per heavy atom. The maximum absolute atomic E-state index is 11.4. The number of nitro benzene ring substituents is 2. The Kier molecular flexibility index (Phi) is 5.09. The summed E-state index contributed by atoms with van der Waals surface area (Å²) < 4.78 is 4.70. The molecule has 1 atom stereocenters. The predicted octanol–water partition coefficient (Wildman–Crippen LogP) is 0.936. The number of carbonyl (C=O) groups is 1. The highest BCUT2D eigenvalue weighted by atomic mass is 16.6. The second kappa shape index (κ2) is 6.57. The molecule has 1 aromatic rings. The maximum Gasteiger partial charge on any atom is 0.323 e. The van der Waals surface area contributed by atoms with E-state index in [-0.39, 0.29) is 18.6 Å². The highest BCUT2D eigenvalue weighted by molar-refractivity contribution is 5.76. The Labute approximate surface area is 113 Å². The van der Waals surface area contributed by atoms with Gasteiger partial charge < -0.3 is 10.5 Å². The standard InChI is InChI=1S/C11H13N3O6/c1-2-20-11(15)9(12)5-7-3-4-8(13(16)17)6-10(7)14(18)19/h3-4,6,9H,2,5,12H2,1H3. The third-order valence-electron chi connectivity index (χ3n) is 2.51. The average Bonchev–Trinajstić information content (AvgIpc) is 2.38. The molecule has 1 aromatic carbocycles. The molecule has 0 radical (unpaired) electrons. The van der Waals surface area contributed by atoms with Crippen LogP contribution in [-0.4, -0.2) is 28.5 Å². The van der Waals surface area contributed by atoms with Crippen LogP contribution < -0.4 is 5.73 Å². The number of nitrogens with two attached hydrogens (primary N) is 1. The van der Waals surface area contributed by atoms with Crippen molar-refractivity contribution in [1.29, 1.82) is 0 Å². The number of esters is 1. The van der Waals surface area contributed by atoms with Gasteiger partial charge >= 0.3 is 5.97 Å². The Balaban J connectivity index is 3.03. The van der Waals surface area contributed by atoms with Gasteiger partial charge in [-0.2, -0.15) is 0 Å². The molecule has 0 aliphatic rings. The lowest BCUT2D eigenvalue weighted by Crippen LogP contribution is -2.34. The number of ether oxygens (including phenoxy) is 1. The first-order chi connectivity index (χ1) is 9.36. The monoisotopic (exact) mass is 283 g/mol. The van der Waals surface area contributed by atoms with E-state index in [1.54, 1.807) is 6.92 Å². The Morgan fingerprint density at radius 2 is 2.00 bits per heavy atom. The van der Waals surface area contributed by atoms with Gasteiger partial charge in [0.1, 0.15) is 6.04 Å². The molecule has 2 N–H and O–H groups in total. The van der Waals surface area contributed by atoms with Gasteiger partial charge in [-0.15, -0.1) is 0 Å². The summed E-state index contributed by atoms with van der Waals surface area (Å²) in [5.41, 5.74) is 4.87. The molecule has 0 spiro atoms. The van der Waals surface area contributed by atoms with Gasteiger partial charge in [-0.1, -0.05) is 0 Å². The van der Waals surface area contributed by atoms with Gasteiger partial charge in [-0.3, -0.25) is 25.0 Å². The molecule has 0 aliphatic carbocycles. The number of nitrogens with zero attached hydrogens (tertiary/aromatic N) is 2. The van der Waals surface area contributed by atoms with Crippen LogP contribution in [0, 0.1) is 20.2 Å². The van der Waals surface area contributed by atoms with Crippen LogP contribution in [0.1, 0.15) is 12.5 Å². The number of carbonyl (C=O) groups excluding carboxylic acids is 1. The summed E-state index contributed by atoms with van der Waals surface area (Å²) >= 11 is 0. The van der Waals surface area contributed by atoms with E-state index in [0.717, 1.165) is 12.1 Å². The summed E-state index contributed by atoms with van der Waals surface area (Å²) in [6.45, 7) is 1.76. The highest BCUT2D eigenvalue weighted by Crippen LogP contribution is 2.25. The Hall–Kier alpha value is -2.55. The first-order valence-corrected chi connectivity index (χ1v) is 5.70. The van der Waals surface area contributed by atoms with Crippen molar-refractivity contribution < 1.29 is 19.4 Å². The molecular formula is C11H13N3O6. The summed E-state index contributed by atoms with van der Waals surface area (Å²) in [5, 5.41) is 21.5. The first kappa shape index (κ1) is 15.5. The maximum atomic E-state index is 11.4. The van der Waals surface area contributed by atoms with Crippen LogP contribution in [-0.2, 0) is 16.0 Å². The van der Waals surface area contributed by atoms with Gasteiger partial charge in [0, 0.05) is 18.1 Å². The molecule has 0 aromatic heterocycles. The molecule has 0 amide bonds. The Morgan fingerprint density at radius 1 is 1.35 bits per heavy atom. The lowest BCUT2D eigenvalue weighted by Gasteiger charge is -2.10. The molecule has 20 heavy (non-hydrogen) atoms. The van der Waals surface area contributed by atoms with E-state index in [1.807, 2.05) is 0 Å². The first-order valence-electron chi connectivity index (χ1n) is 5.70. The number of non-ortho nitro benzene ring substituents is 1.